The number of Topliss-reactive ketones (excluding diaryl/α,β-unsaturated/α-hetero) is 1. The van der Waals surface area contributed by atoms with Gasteiger partial charge in [-0.1, -0.05) is 0 Å². The van der Waals surface area contributed by atoms with Gasteiger partial charge in [-0.3, -0.25) is 4.79 Å². The van der Waals surface area contributed by atoms with Gasteiger partial charge in [0.15, 0.2) is 11.6 Å². The Kier molecular flexibility index (Phi) is 3.50. The lowest BCUT2D eigenvalue weighted by molar-refractivity contribution is 0.101. The molecular weight excluding hydrogens is 255 g/mol. The van der Waals surface area contributed by atoms with Crippen LogP contribution in [0.15, 0.2) is 21.5 Å². The lowest BCUT2D eigenvalue weighted by Crippen LogP contribution is -1.94. The highest BCUT2D eigenvalue weighted by Gasteiger charge is 2.10. The molecule has 0 saturated heterocycles. The van der Waals surface area contributed by atoms with Crippen LogP contribution in [0.3, 0.4) is 0 Å². The van der Waals surface area contributed by atoms with Crippen LogP contribution in [-0.4, -0.2) is 12.0 Å². The van der Waals surface area contributed by atoms with E-state index in [2.05, 4.69) is 15.9 Å². The van der Waals surface area contributed by atoms with Gasteiger partial charge in [0.25, 0.3) is 0 Å². The second-order valence-electron chi connectivity index (χ2n) is 2.53. The van der Waals surface area contributed by atoms with E-state index in [4.69, 9.17) is 0 Å². The minimum Gasteiger partial charge on any atom is -0.295 e. The second-order valence-corrected chi connectivity index (χ2v) is 4.23. The summed E-state index contributed by atoms with van der Waals surface area (Å²) in [5.74, 6) is -0.367. The van der Waals surface area contributed by atoms with E-state index in [0.29, 0.717) is 14.9 Å². The molecule has 0 unspecified atom stereocenters. The molecule has 4 heteroatoms. The van der Waals surface area contributed by atoms with Crippen molar-refractivity contribution in [2.75, 3.05) is 6.26 Å². The van der Waals surface area contributed by atoms with E-state index in [1.54, 1.807) is 12.3 Å². The van der Waals surface area contributed by atoms with E-state index < -0.39 is 0 Å². The standard InChI is InChI=1S/C9H8BrFOS/c1-5(12)6-3-7(10)9(11)8(4-6)13-2/h3-4H,1-2H3. The van der Waals surface area contributed by atoms with Gasteiger partial charge < -0.3 is 0 Å². The van der Waals surface area contributed by atoms with E-state index in [9.17, 15) is 9.18 Å². The molecule has 13 heavy (non-hydrogen) atoms. The number of hydrogen-bond acceptors (Lipinski definition) is 2. The molecule has 0 aliphatic heterocycles. The molecule has 70 valence electrons. The van der Waals surface area contributed by atoms with Gasteiger partial charge >= 0.3 is 0 Å². The largest absolute Gasteiger partial charge is 0.295 e. The highest BCUT2D eigenvalue weighted by Crippen LogP contribution is 2.27. The summed E-state index contributed by atoms with van der Waals surface area (Å²) in [5.41, 5.74) is 0.526. The summed E-state index contributed by atoms with van der Waals surface area (Å²) < 4.78 is 13.6. The number of hydrogen-bond donors (Lipinski definition) is 0. The molecule has 1 rings (SSSR count). The van der Waals surface area contributed by atoms with Crippen molar-refractivity contribution in [1.29, 1.82) is 0 Å². The van der Waals surface area contributed by atoms with Crippen LogP contribution < -0.4 is 0 Å². The third-order valence-electron chi connectivity index (χ3n) is 1.62. The molecule has 0 fully saturated rings. The van der Waals surface area contributed by atoms with Crippen molar-refractivity contribution in [2.45, 2.75) is 11.8 Å². The van der Waals surface area contributed by atoms with Crippen LogP contribution in [0.5, 0.6) is 0 Å². The number of carbonyl (C=O) groups is 1. The van der Waals surface area contributed by atoms with Crippen LogP contribution in [0, 0.1) is 5.82 Å². The SMILES string of the molecule is CSc1cc(C(C)=O)cc(Br)c1F. The summed E-state index contributed by atoms with van der Waals surface area (Å²) >= 11 is 4.35. The maximum Gasteiger partial charge on any atom is 0.159 e. The summed E-state index contributed by atoms with van der Waals surface area (Å²) in [4.78, 5) is 11.5. The summed E-state index contributed by atoms with van der Waals surface area (Å²) in [6, 6.07) is 3.06. The maximum atomic E-state index is 13.3. The molecule has 0 aliphatic rings. The summed E-state index contributed by atoms with van der Waals surface area (Å²) in [5, 5.41) is 0. The zero-order chi connectivity index (χ0) is 10.0. The lowest BCUT2D eigenvalue weighted by Gasteiger charge is -2.03. The minimum atomic E-state index is -0.308. The molecule has 0 radical (unpaired) electrons. The van der Waals surface area contributed by atoms with Crippen molar-refractivity contribution in [3.8, 4) is 0 Å². The number of thioether (sulfide) groups is 1. The monoisotopic (exact) mass is 262 g/mol. The van der Waals surface area contributed by atoms with Crippen molar-refractivity contribution >= 4 is 33.5 Å². The van der Waals surface area contributed by atoms with Crippen LogP contribution in [0.4, 0.5) is 4.39 Å². The van der Waals surface area contributed by atoms with E-state index in [1.807, 2.05) is 0 Å². The topological polar surface area (TPSA) is 17.1 Å². The predicted molar refractivity (Wildman–Crippen MR) is 55.9 cm³/mol. The molecule has 0 N–H and O–H groups in total. The van der Waals surface area contributed by atoms with Gasteiger partial charge in [-0.15, -0.1) is 11.8 Å². The molecule has 0 spiro atoms. The van der Waals surface area contributed by atoms with Gasteiger partial charge in [-0.25, -0.2) is 4.39 Å². The van der Waals surface area contributed by atoms with E-state index in [-0.39, 0.29) is 11.6 Å². The number of rotatable bonds is 2. The number of benzene rings is 1. The van der Waals surface area contributed by atoms with Gasteiger partial charge in [0, 0.05) is 10.5 Å². The molecular formula is C9H8BrFOS. The lowest BCUT2D eigenvalue weighted by atomic mass is 10.1. The first-order chi connectivity index (χ1) is 6.06. The molecule has 0 atom stereocenters. The highest BCUT2D eigenvalue weighted by molar-refractivity contribution is 9.10. The van der Waals surface area contributed by atoms with Crippen molar-refractivity contribution in [3.63, 3.8) is 0 Å². The summed E-state index contributed by atoms with van der Waals surface area (Å²) in [6.45, 7) is 1.46. The second kappa shape index (κ2) is 4.24. The summed E-state index contributed by atoms with van der Waals surface area (Å²) in [7, 11) is 0. The van der Waals surface area contributed by atoms with Crippen molar-refractivity contribution in [2.24, 2.45) is 0 Å². The molecule has 1 nitrogen and oxygen atoms in total. The predicted octanol–water partition coefficient (Wildman–Crippen LogP) is 3.51. The van der Waals surface area contributed by atoms with Crippen molar-refractivity contribution in [1.82, 2.24) is 0 Å². The first-order valence-electron chi connectivity index (χ1n) is 3.60. The zero-order valence-corrected chi connectivity index (χ0v) is 9.63. The number of ketones is 1. The Morgan fingerprint density at radius 2 is 2.15 bits per heavy atom. The molecule has 0 saturated carbocycles. The Balaban J connectivity index is 3.30. The fourth-order valence-corrected chi connectivity index (χ4v) is 2.04. The molecule has 0 bridgehead atoms. The zero-order valence-electron chi connectivity index (χ0n) is 7.23. The van der Waals surface area contributed by atoms with Gasteiger partial charge in [-0.2, -0.15) is 0 Å². The van der Waals surface area contributed by atoms with E-state index in [1.165, 1.54) is 24.8 Å². The first kappa shape index (κ1) is 10.7. The third kappa shape index (κ3) is 2.31. The van der Waals surface area contributed by atoms with Crippen LogP contribution in [0.25, 0.3) is 0 Å². The van der Waals surface area contributed by atoms with E-state index in [0.717, 1.165) is 0 Å². The minimum absolute atomic E-state index is 0.0593. The fourth-order valence-electron chi connectivity index (χ4n) is 0.916. The number of carbonyl (C=O) groups excluding carboxylic acids is 1. The maximum absolute atomic E-state index is 13.3. The van der Waals surface area contributed by atoms with Crippen LogP contribution >= 0.6 is 27.7 Å². The Bertz CT molecular complexity index is 352. The van der Waals surface area contributed by atoms with Gasteiger partial charge in [0.05, 0.1) is 4.47 Å². The quantitative estimate of drug-likeness (QED) is 0.600. The van der Waals surface area contributed by atoms with E-state index >= 15 is 0 Å². The highest BCUT2D eigenvalue weighted by atomic mass is 79.9. The van der Waals surface area contributed by atoms with Gasteiger partial charge in [-0.05, 0) is 41.2 Å². The summed E-state index contributed by atoms with van der Waals surface area (Å²) in [6.07, 6.45) is 1.77. The molecule has 0 heterocycles. The van der Waals surface area contributed by atoms with Gasteiger partial charge in [0.1, 0.15) is 0 Å². The molecule has 0 aliphatic carbocycles. The molecule has 1 aromatic rings. The van der Waals surface area contributed by atoms with Crippen LogP contribution in [0.2, 0.25) is 0 Å². The Morgan fingerprint density at radius 3 is 2.62 bits per heavy atom. The average Bonchev–Trinajstić information content (AvgIpc) is 2.09. The third-order valence-corrected chi connectivity index (χ3v) is 2.94. The first-order valence-corrected chi connectivity index (χ1v) is 5.62. The van der Waals surface area contributed by atoms with Crippen molar-refractivity contribution < 1.29 is 9.18 Å². The Morgan fingerprint density at radius 1 is 1.54 bits per heavy atom. The number of halogens is 2. The Labute approximate surface area is 88.8 Å². The Hall–Kier alpha value is -0.350. The molecule has 0 amide bonds. The van der Waals surface area contributed by atoms with Crippen molar-refractivity contribution in [3.05, 3.63) is 28.0 Å². The molecule has 0 aromatic heterocycles. The molecule has 1 aromatic carbocycles. The smallest absolute Gasteiger partial charge is 0.159 e. The van der Waals surface area contributed by atoms with Crippen LogP contribution in [-0.2, 0) is 0 Å². The van der Waals surface area contributed by atoms with Gasteiger partial charge in [0.2, 0.25) is 0 Å². The average molecular weight is 263 g/mol. The normalized spacial score (nSPS) is 10.2. The van der Waals surface area contributed by atoms with Crippen LogP contribution in [0.1, 0.15) is 17.3 Å². The fraction of sp³-hybridized carbons (Fsp3) is 0.222.